The van der Waals surface area contributed by atoms with Crippen LogP contribution in [0.4, 0.5) is 5.69 Å². The fourth-order valence-electron chi connectivity index (χ4n) is 2.97. The Morgan fingerprint density at radius 3 is 2.69 bits per heavy atom. The number of aromatic amines is 1. The maximum Gasteiger partial charge on any atom is 0.258 e. The first kappa shape index (κ1) is 19.1. The van der Waals surface area contributed by atoms with Crippen molar-refractivity contribution in [3.8, 4) is 11.4 Å². The van der Waals surface area contributed by atoms with E-state index in [0.717, 1.165) is 33.7 Å². The van der Waals surface area contributed by atoms with Crippen LogP contribution in [0.15, 0.2) is 66.7 Å². The fourth-order valence-corrected chi connectivity index (χ4v) is 3.50. The zero-order valence-corrected chi connectivity index (χ0v) is 17.1. The molecule has 3 N–H and O–H groups in total. The topological polar surface area (TPSA) is 69.8 Å². The van der Waals surface area contributed by atoms with E-state index < -0.39 is 0 Å². The summed E-state index contributed by atoms with van der Waals surface area (Å²) in [5, 5.41) is 6.27. The molecule has 4 aromatic rings. The molecule has 0 aliphatic heterocycles. The number of rotatable bonds is 3. The maximum absolute atomic E-state index is 12.4. The molecule has 0 spiro atoms. The van der Waals surface area contributed by atoms with Crippen molar-refractivity contribution in [3.05, 3.63) is 82.9 Å². The number of nitrogens with one attached hydrogen (secondary N) is 3. The van der Waals surface area contributed by atoms with Crippen LogP contribution in [0.1, 0.15) is 15.9 Å². The van der Waals surface area contributed by atoms with Gasteiger partial charge in [-0.15, -0.1) is 0 Å². The van der Waals surface area contributed by atoms with E-state index in [9.17, 15) is 4.79 Å². The third kappa shape index (κ3) is 4.29. The number of anilines is 1. The van der Waals surface area contributed by atoms with Crippen LogP contribution in [0, 0.1) is 6.92 Å². The Kier molecular flexibility index (Phi) is 5.29. The van der Waals surface area contributed by atoms with Gasteiger partial charge in [-0.25, -0.2) is 4.98 Å². The number of imidazole rings is 1. The number of para-hydroxylation sites is 2. The van der Waals surface area contributed by atoms with Crippen molar-refractivity contribution in [2.24, 2.45) is 0 Å². The van der Waals surface area contributed by atoms with Crippen LogP contribution >= 0.6 is 23.8 Å². The number of H-pyrrole nitrogens is 1. The lowest BCUT2D eigenvalue weighted by atomic mass is 10.1. The molecule has 7 heteroatoms. The van der Waals surface area contributed by atoms with Crippen LogP contribution in [0.5, 0.6) is 0 Å². The summed E-state index contributed by atoms with van der Waals surface area (Å²) in [6, 6.07) is 20.7. The summed E-state index contributed by atoms with van der Waals surface area (Å²) in [6.07, 6.45) is 0. The first-order chi connectivity index (χ1) is 14.0. The number of amides is 1. The van der Waals surface area contributed by atoms with Crippen LogP contribution in [-0.2, 0) is 0 Å². The van der Waals surface area contributed by atoms with Crippen LogP contribution in [0.2, 0.25) is 5.02 Å². The van der Waals surface area contributed by atoms with Gasteiger partial charge >= 0.3 is 0 Å². The molecule has 0 bridgehead atoms. The minimum Gasteiger partial charge on any atom is -0.338 e. The molecule has 1 heterocycles. The van der Waals surface area contributed by atoms with Gasteiger partial charge in [-0.2, -0.15) is 0 Å². The Balaban J connectivity index is 1.48. The minimum atomic E-state index is -0.360. The number of thiocarbonyl (C=S) groups is 1. The van der Waals surface area contributed by atoms with Crippen molar-refractivity contribution >= 4 is 51.6 Å². The zero-order valence-electron chi connectivity index (χ0n) is 15.5. The highest BCUT2D eigenvalue weighted by atomic mass is 35.5. The Bertz CT molecular complexity index is 1200. The van der Waals surface area contributed by atoms with Crippen LogP contribution in [0.25, 0.3) is 22.4 Å². The van der Waals surface area contributed by atoms with Crippen LogP contribution in [-0.4, -0.2) is 21.0 Å². The third-order valence-corrected chi connectivity index (χ3v) is 4.90. The average Bonchev–Trinajstić information content (AvgIpc) is 3.12. The molecule has 29 heavy (non-hydrogen) atoms. The number of carbonyl (C=O) groups is 1. The molecular weight excluding hydrogens is 404 g/mol. The van der Waals surface area contributed by atoms with Gasteiger partial charge in [0.1, 0.15) is 5.82 Å². The normalized spacial score (nSPS) is 10.7. The summed E-state index contributed by atoms with van der Waals surface area (Å²) in [6.45, 7) is 1.91. The van der Waals surface area contributed by atoms with Gasteiger partial charge in [0, 0.05) is 11.3 Å². The third-order valence-electron chi connectivity index (χ3n) is 4.38. The number of fused-ring (bicyclic) bond motifs is 1. The van der Waals surface area contributed by atoms with Gasteiger partial charge in [-0.3, -0.25) is 10.1 Å². The molecule has 0 radical (unpaired) electrons. The first-order valence-electron chi connectivity index (χ1n) is 8.93. The maximum atomic E-state index is 12.4. The number of aromatic nitrogens is 2. The summed E-state index contributed by atoms with van der Waals surface area (Å²) in [5.41, 5.74) is 4.87. The summed E-state index contributed by atoms with van der Waals surface area (Å²) in [7, 11) is 0. The second kappa shape index (κ2) is 8.03. The van der Waals surface area contributed by atoms with Crippen molar-refractivity contribution < 1.29 is 4.79 Å². The van der Waals surface area contributed by atoms with Gasteiger partial charge in [0.25, 0.3) is 5.91 Å². The number of benzene rings is 3. The van der Waals surface area contributed by atoms with E-state index in [0.29, 0.717) is 10.6 Å². The summed E-state index contributed by atoms with van der Waals surface area (Å²) in [4.78, 5) is 20.3. The average molecular weight is 421 g/mol. The monoisotopic (exact) mass is 420 g/mol. The van der Waals surface area contributed by atoms with Gasteiger partial charge in [-0.1, -0.05) is 41.9 Å². The lowest BCUT2D eigenvalue weighted by Gasteiger charge is -2.11. The van der Waals surface area contributed by atoms with Gasteiger partial charge in [0.2, 0.25) is 0 Å². The molecule has 5 nitrogen and oxygen atoms in total. The van der Waals surface area contributed by atoms with Gasteiger partial charge in [-0.05, 0) is 61.1 Å². The number of carbonyl (C=O) groups excluding carboxylic acids is 1. The molecule has 0 saturated carbocycles. The lowest BCUT2D eigenvalue weighted by Crippen LogP contribution is -2.34. The molecule has 0 atom stereocenters. The Morgan fingerprint density at radius 2 is 1.90 bits per heavy atom. The Morgan fingerprint density at radius 1 is 1.07 bits per heavy atom. The number of hydrogen-bond acceptors (Lipinski definition) is 3. The second-order valence-corrected chi connectivity index (χ2v) is 7.39. The molecule has 3 aromatic carbocycles. The second-order valence-electron chi connectivity index (χ2n) is 6.57. The van der Waals surface area contributed by atoms with Crippen molar-refractivity contribution in [3.63, 3.8) is 0 Å². The molecule has 0 saturated heterocycles. The van der Waals surface area contributed by atoms with E-state index in [1.807, 2.05) is 61.5 Å². The number of halogens is 1. The SMILES string of the molecule is Cc1ccc(C(=O)NC(=S)Nc2cccc(-c3nc4ccccc4[nH]3)c2)c(Cl)c1. The molecule has 4 rings (SSSR count). The minimum absolute atomic E-state index is 0.188. The standard InChI is InChI=1S/C22H17ClN4OS/c1-13-9-10-16(17(23)11-13)21(28)27-22(29)24-15-6-4-5-14(12-15)20-25-18-7-2-3-8-19(18)26-20/h2-12H,1H3,(H,25,26)(H2,24,27,28,29). The van der Waals surface area contributed by atoms with Crippen molar-refractivity contribution in [1.29, 1.82) is 0 Å². The fraction of sp³-hybridized carbons (Fsp3) is 0.0455. The smallest absolute Gasteiger partial charge is 0.258 e. The van der Waals surface area contributed by atoms with Gasteiger partial charge in [0.15, 0.2) is 5.11 Å². The molecule has 0 aliphatic rings. The quantitative estimate of drug-likeness (QED) is 0.392. The van der Waals surface area contributed by atoms with Crippen molar-refractivity contribution in [1.82, 2.24) is 15.3 Å². The van der Waals surface area contributed by atoms with E-state index in [4.69, 9.17) is 23.8 Å². The molecule has 0 unspecified atom stereocenters. The zero-order chi connectivity index (χ0) is 20.4. The predicted molar refractivity (Wildman–Crippen MR) is 121 cm³/mol. The van der Waals surface area contributed by atoms with Crippen molar-refractivity contribution in [2.75, 3.05) is 5.32 Å². The first-order valence-corrected chi connectivity index (χ1v) is 9.72. The highest BCUT2D eigenvalue weighted by Gasteiger charge is 2.12. The number of nitrogens with zero attached hydrogens (tertiary/aromatic N) is 1. The highest BCUT2D eigenvalue weighted by Crippen LogP contribution is 2.23. The van der Waals surface area contributed by atoms with E-state index >= 15 is 0 Å². The van der Waals surface area contributed by atoms with Gasteiger partial charge in [0.05, 0.1) is 21.6 Å². The molecular formula is C22H17ClN4OS. The van der Waals surface area contributed by atoms with Crippen molar-refractivity contribution in [2.45, 2.75) is 6.92 Å². The van der Waals surface area contributed by atoms with E-state index in [-0.39, 0.29) is 11.0 Å². The number of hydrogen-bond donors (Lipinski definition) is 3. The number of aryl methyl sites for hydroxylation is 1. The predicted octanol–water partition coefficient (Wildman–Crippen LogP) is 5.32. The summed E-state index contributed by atoms with van der Waals surface area (Å²) >= 11 is 11.4. The molecule has 0 fully saturated rings. The van der Waals surface area contributed by atoms with Gasteiger partial charge < -0.3 is 10.3 Å². The Hall–Kier alpha value is -3.22. The summed E-state index contributed by atoms with van der Waals surface area (Å²) < 4.78 is 0. The largest absolute Gasteiger partial charge is 0.338 e. The Labute approximate surface area is 178 Å². The summed E-state index contributed by atoms with van der Waals surface area (Å²) in [5.74, 6) is 0.400. The molecule has 144 valence electrons. The lowest BCUT2D eigenvalue weighted by molar-refractivity contribution is 0.0978. The van der Waals surface area contributed by atoms with Crippen LogP contribution in [0.3, 0.4) is 0 Å². The molecule has 1 amide bonds. The highest BCUT2D eigenvalue weighted by molar-refractivity contribution is 7.80. The molecule has 1 aromatic heterocycles. The van der Waals surface area contributed by atoms with Crippen LogP contribution < -0.4 is 10.6 Å². The van der Waals surface area contributed by atoms with E-state index in [1.54, 1.807) is 12.1 Å². The van der Waals surface area contributed by atoms with E-state index in [2.05, 4.69) is 20.6 Å². The van der Waals surface area contributed by atoms with E-state index in [1.165, 1.54) is 0 Å². The molecule has 0 aliphatic carbocycles.